The second kappa shape index (κ2) is 10.8. The van der Waals surface area contributed by atoms with Crippen molar-refractivity contribution in [2.45, 2.75) is 57.1 Å². The van der Waals surface area contributed by atoms with E-state index in [1.807, 2.05) is 43.3 Å². The highest BCUT2D eigenvalue weighted by Crippen LogP contribution is 2.23. The van der Waals surface area contributed by atoms with E-state index in [4.69, 9.17) is 5.11 Å². The Labute approximate surface area is 171 Å². The van der Waals surface area contributed by atoms with Crippen molar-refractivity contribution in [3.63, 3.8) is 0 Å². The molecule has 3 N–H and O–H groups in total. The molecule has 2 unspecified atom stereocenters. The highest BCUT2D eigenvalue weighted by atomic mass is 16.4. The van der Waals surface area contributed by atoms with Crippen LogP contribution in [0, 0.1) is 0 Å². The van der Waals surface area contributed by atoms with Crippen LogP contribution in [0.5, 0.6) is 0 Å². The lowest BCUT2D eigenvalue weighted by Crippen LogP contribution is -2.36. The summed E-state index contributed by atoms with van der Waals surface area (Å²) in [5.74, 6) is -1.10. The van der Waals surface area contributed by atoms with Crippen molar-refractivity contribution >= 4 is 23.6 Å². The number of carboxylic acids is 1. The molecular weight excluding hydrogens is 374 g/mol. The van der Waals surface area contributed by atoms with E-state index < -0.39 is 24.1 Å². The molecule has 1 fully saturated rings. The molecule has 0 spiro atoms. The molecule has 0 saturated carbocycles. The van der Waals surface area contributed by atoms with Gasteiger partial charge in [0.25, 0.3) is 5.91 Å². The molecule has 2 rings (SSSR count). The van der Waals surface area contributed by atoms with Crippen LogP contribution in [0.2, 0.25) is 0 Å². The molecule has 1 heterocycles. The van der Waals surface area contributed by atoms with Crippen LogP contribution in [0.1, 0.15) is 56.6 Å². The first-order valence-electron chi connectivity index (χ1n) is 10.1. The Balaban J connectivity index is 1.82. The Morgan fingerprint density at radius 1 is 1.14 bits per heavy atom. The quantitative estimate of drug-likeness (QED) is 0.364. The summed E-state index contributed by atoms with van der Waals surface area (Å²) < 4.78 is 0. The molecular formula is C21H31N3O5. The number of aliphatic carboxylic acids is 1. The number of amides is 3. The molecule has 8 heteroatoms. The van der Waals surface area contributed by atoms with Crippen LogP contribution in [0.15, 0.2) is 24.3 Å². The molecule has 2 atom stereocenters. The monoisotopic (exact) mass is 405 g/mol. The van der Waals surface area contributed by atoms with Crippen molar-refractivity contribution in [3.8, 4) is 0 Å². The molecule has 8 nitrogen and oxygen atoms in total. The average molecular weight is 405 g/mol. The van der Waals surface area contributed by atoms with E-state index in [9.17, 15) is 19.5 Å². The number of urea groups is 1. The number of aliphatic hydroxyl groups excluding tert-OH is 1. The molecule has 1 aliphatic heterocycles. The van der Waals surface area contributed by atoms with E-state index in [1.165, 1.54) is 4.90 Å². The van der Waals surface area contributed by atoms with E-state index in [2.05, 4.69) is 5.32 Å². The molecule has 160 valence electrons. The van der Waals surface area contributed by atoms with Gasteiger partial charge >= 0.3 is 12.0 Å². The predicted molar refractivity (Wildman–Crippen MR) is 110 cm³/mol. The van der Waals surface area contributed by atoms with Gasteiger partial charge in [0.1, 0.15) is 6.04 Å². The summed E-state index contributed by atoms with van der Waals surface area (Å²) in [6.45, 7) is 0.290. The number of aliphatic hydroxyl groups is 1. The molecule has 1 saturated heterocycles. The molecule has 0 aromatic heterocycles. The molecule has 1 aliphatic rings. The summed E-state index contributed by atoms with van der Waals surface area (Å²) in [6, 6.07) is 6.65. The number of hydrogen-bond acceptors (Lipinski definition) is 5. The number of anilines is 1. The third-order valence-electron chi connectivity index (χ3n) is 5.23. The number of carbonyl (C=O) groups is 3. The van der Waals surface area contributed by atoms with Crippen molar-refractivity contribution in [3.05, 3.63) is 29.8 Å². The predicted octanol–water partition coefficient (Wildman–Crippen LogP) is 2.52. The molecule has 0 radical (unpaired) electrons. The van der Waals surface area contributed by atoms with E-state index >= 15 is 0 Å². The third kappa shape index (κ3) is 6.74. The van der Waals surface area contributed by atoms with Gasteiger partial charge in [-0.15, -0.1) is 0 Å². The third-order valence-corrected chi connectivity index (χ3v) is 5.23. The number of hydrogen-bond donors (Lipinski definition) is 3. The lowest BCUT2D eigenvalue weighted by atomic mass is 10.0. The molecule has 0 aliphatic carbocycles. The van der Waals surface area contributed by atoms with E-state index in [0.29, 0.717) is 19.3 Å². The van der Waals surface area contributed by atoms with Crippen LogP contribution in [0.4, 0.5) is 10.5 Å². The lowest BCUT2D eigenvalue weighted by molar-refractivity contribution is -0.137. The number of carboxylic acid groups (broad SMARTS) is 1. The van der Waals surface area contributed by atoms with E-state index in [-0.39, 0.29) is 18.9 Å². The summed E-state index contributed by atoms with van der Waals surface area (Å²) >= 11 is 0. The number of unbranched alkanes of at least 4 members (excludes halogenated alkanes) is 3. The van der Waals surface area contributed by atoms with Gasteiger partial charge in [-0.25, -0.2) is 4.79 Å². The Bertz CT molecular complexity index is 705. The fourth-order valence-corrected chi connectivity index (χ4v) is 3.48. The van der Waals surface area contributed by atoms with Crippen LogP contribution >= 0.6 is 0 Å². The Hall–Kier alpha value is -2.61. The standard InChI is InChI=1S/C21H31N3O5/c1-23(2)16-11-9-15(10-12-16)18(25)13-14-24-17(20(28)22-21(24)29)7-5-3-4-6-8-19(26)27/h9-12,17-18,25H,3-8,13-14H2,1-2H3,(H,26,27)(H,22,28,29). The first-order chi connectivity index (χ1) is 13.8. The van der Waals surface area contributed by atoms with Crippen molar-refractivity contribution in [2.24, 2.45) is 0 Å². The number of imide groups is 1. The molecule has 3 amide bonds. The van der Waals surface area contributed by atoms with Crippen molar-refractivity contribution < 1.29 is 24.6 Å². The van der Waals surface area contributed by atoms with Crippen LogP contribution in [-0.4, -0.2) is 59.7 Å². The van der Waals surface area contributed by atoms with Crippen molar-refractivity contribution in [2.75, 3.05) is 25.5 Å². The van der Waals surface area contributed by atoms with E-state index in [0.717, 1.165) is 30.5 Å². The summed E-state index contributed by atoms with van der Waals surface area (Å²) in [7, 11) is 3.89. The first kappa shape index (κ1) is 22.7. The highest BCUT2D eigenvalue weighted by molar-refractivity contribution is 6.04. The van der Waals surface area contributed by atoms with Gasteiger partial charge in [0.2, 0.25) is 0 Å². The number of nitrogens with one attached hydrogen (secondary N) is 1. The van der Waals surface area contributed by atoms with Gasteiger partial charge in [0, 0.05) is 32.7 Å². The van der Waals surface area contributed by atoms with Crippen LogP contribution in [-0.2, 0) is 9.59 Å². The normalized spacial score (nSPS) is 17.3. The van der Waals surface area contributed by atoms with Gasteiger partial charge in [-0.3, -0.25) is 14.9 Å². The topological polar surface area (TPSA) is 110 Å². The van der Waals surface area contributed by atoms with Crippen molar-refractivity contribution in [1.29, 1.82) is 0 Å². The Morgan fingerprint density at radius 3 is 2.41 bits per heavy atom. The molecule has 1 aromatic carbocycles. The van der Waals surface area contributed by atoms with Gasteiger partial charge in [-0.2, -0.15) is 0 Å². The SMILES string of the molecule is CN(C)c1ccc(C(O)CCN2C(=O)NC(=O)C2CCCCCCC(=O)O)cc1. The summed E-state index contributed by atoms with van der Waals surface area (Å²) in [6.07, 6.45) is 3.29. The molecule has 0 bridgehead atoms. The fourth-order valence-electron chi connectivity index (χ4n) is 3.48. The van der Waals surface area contributed by atoms with Crippen LogP contribution in [0.3, 0.4) is 0 Å². The van der Waals surface area contributed by atoms with Gasteiger partial charge in [-0.1, -0.05) is 31.4 Å². The Morgan fingerprint density at radius 2 is 1.79 bits per heavy atom. The van der Waals surface area contributed by atoms with Gasteiger partial charge in [0.15, 0.2) is 0 Å². The maximum Gasteiger partial charge on any atom is 0.324 e. The highest BCUT2D eigenvalue weighted by Gasteiger charge is 2.37. The van der Waals surface area contributed by atoms with Crippen LogP contribution in [0.25, 0.3) is 0 Å². The smallest absolute Gasteiger partial charge is 0.324 e. The fraction of sp³-hybridized carbons (Fsp3) is 0.571. The largest absolute Gasteiger partial charge is 0.481 e. The molecule has 29 heavy (non-hydrogen) atoms. The first-order valence-corrected chi connectivity index (χ1v) is 10.1. The minimum Gasteiger partial charge on any atom is -0.481 e. The summed E-state index contributed by atoms with van der Waals surface area (Å²) in [5, 5.41) is 21.5. The van der Waals surface area contributed by atoms with E-state index in [1.54, 1.807) is 0 Å². The maximum atomic E-state index is 12.1. The zero-order valence-electron chi connectivity index (χ0n) is 17.1. The number of nitrogens with zero attached hydrogens (tertiary/aromatic N) is 2. The van der Waals surface area contributed by atoms with Gasteiger partial charge < -0.3 is 20.0 Å². The average Bonchev–Trinajstić information content (AvgIpc) is 2.95. The second-order valence-corrected chi connectivity index (χ2v) is 7.64. The zero-order valence-corrected chi connectivity index (χ0v) is 17.1. The molecule has 1 aromatic rings. The summed E-state index contributed by atoms with van der Waals surface area (Å²) in [5.41, 5.74) is 1.81. The second-order valence-electron chi connectivity index (χ2n) is 7.64. The zero-order chi connectivity index (χ0) is 21.4. The summed E-state index contributed by atoms with van der Waals surface area (Å²) in [4.78, 5) is 38.2. The van der Waals surface area contributed by atoms with Crippen molar-refractivity contribution in [1.82, 2.24) is 10.2 Å². The Kier molecular flexibility index (Phi) is 8.45. The number of carbonyl (C=O) groups excluding carboxylic acids is 2. The number of benzene rings is 1. The maximum absolute atomic E-state index is 12.1. The number of rotatable bonds is 12. The van der Waals surface area contributed by atoms with Crippen LogP contribution < -0.4 is 10.2 Å². The van der Waals surface area contributed by atoms with Gasteiger partial charge in [0.05, 0.1) is 6.10 Å². The van der Waals surface area contributed by atoms with Gasteiger partial charge in [-0.05, 0) is 37.0 Å². The lowest BCUT2D eigenvalue weighted by Gasteiger charge is -2.23. The minimum absolute atomic E-state index is 0.155. The minimum atomic E-state index is -0.799.